The first-order chi connectivity index (χ1) is 15.7. The van der Waals surface area contributed by atoms with Crippen LogP contribution >= 0.6 is 0 Å². The Kier molecular flexibility index (Phi) is 5.68. The van der Waals surface area contributed by atoms with Crippen LogP contribution in [0.2, 0.25) is 0 Å². The molecule has 168 valence electrons. The van der Waals surface area contributed by atoms with Crippen LogP contribution in [-0.2, 0) is 15.8 Å². The number of rotatable bonds is 5. The van der Waals surface area contributed by atoms with Crippen LogP contribution in [0.25, 0.3) is 5.57 Å². The first kappa shape index (κ1) is 22.1. The molecule has 0 radical (unpaired) electrons. The van der Waals surface area contributed by atoms with Crippen LogP contribution in [0, 0.1) is 6.92 Å². The third kappa shape index (κ3) is 4.32. The second-order valence-corrected chi connectivity index (χ2v) is 7.47. The summed E-state index contributed by atoms with van der Waals surface area (Å²) < 4.78 is 44.7. The predicted molar refractivity (Wildman–Crippen MR) is 119 cm³/mol. The smallest absolute Gasteiger partial charge is 0.416 e. The molecule has 8 heteroatoms. The number of halogens is 3. The molecule has 0 aromatic heterocycles. The van der Waals surface area contributed by atoms with Crippen LogP contribution in [0.5, 0.6) is 5.75 Å². The van der Waals surface area contributed by atoms with Gasteiger partial charge in [-0.15, -0.1) is 0 Å². The van der Waals surface area contributed by atoms with Gasteiger partial charge in [0.25, 0.3) is 11.8 Å². The molecule has 0 bridgehead atoms. The van der Waals surface area contributed by atoms with Crippen molar-refractivity contribution in [3.8, 4) is 5.75 Å². The molecule has 2 amide bonds. The maximum Gasteiger partial charge on any atom is 0.416 e. The molecule has 1 aliphatic rings. The molecule has 0 saturated heterocycles. The highest BCUT2D eigenvalue weighted by atomic mass is 19.4. The van der Waals surface area contributed by atoms with Gasteiger partial charge >= 0.3 is 6.18 Å². The molecule has 0 fully saturated rings. The summed E-state index contributed by atoms with van der Waals surface area (Å²) in [4.78, 5) is 27.8. The Balaban J connectivity index is 1.81. The number of carbonyl (C=O) groups is 2. The highest BCUT2D eigenvalue weighted by molar-refractivity contribution is 6.46. The molecule has 1 N–H and O–H groups in total. The average molecular weight is 452 g/mol. The molecule has 0 unspecified atom stereocenters. The van der Waals surface area contributed by atoms with Crippen molar-refractivity contribution in [2.45, 2.75) is 13.1 Å². The summed E-state index contributed by atoms with van der Waals surface area (Å²) in [5.74, 6) is -0.682. The molecule has 5 nitrogen and oxygen atoms in total. The van der Waals surface area contributed by atoms with Gasteiger partial charge in [-0.05, 0) is 60.5 Å². The molecule has 0 atom stereocenters. The van der Waals surface area contributed by atoms with E-state index in [0.29, 0.717) is 17.0 Å². The van der Waals surface area contributed by atoms with Crippen LogP contribution in [0.15, 0.2) is 78.5 Å². The van der Waals surface area contributed by atoms with E-state index >= 15 is 0 Å². The summed E-state index contributed by atoms with van der Waals surface area (Å²) in [5, 5.41) is 2.76. The van der Waals surface area contributed by atoms with Crippen LogP contribution < -0.4 is 15.0 Å². The minimum absolute atomic E-state index is 0.0399. The summed E-state index contributed by atoms with van der Waals surface area (Å²) in [6, 6.07) is 17.8. The van der Waals surface area contributed by atoms with Gasteiger partial charge in [-0.1, -0.05) is 30.3 Å². The van der Waals surface area contributed by atoms with E-state index in [1.165, 1.54) is 19.2 Å². The van der Waals surface area contributed by atoms with E-state index in [2.05, 4.69) is 5.32 Å². The number of carbonyl (C=O) groups excluding carboxylic acids is 2. The lowest BCUT2D eigenvalue weighted by Crippen LogP contribution is -2.32. The summed E-state index contributed by atoms with van der Waals surface area (Å²) in [6.07, 6.45) is -4.55. The standard InChI is InChI=1S/C25H19F3N2O3/c1-15-5-3-8-19(13-15)30-23(31)21(16-9-11-20(33-2)12-10-16)22(24(30)32)29-18-7-4-6-17(14-18)25(26,27)28/h3-14,29H,1-2H3. The zero-order valence-electron chi connectivity index (χ0n) is 17.7. The Morgan fingerprint density at radius 3 is 2.21 bits per heavy atom. The lowest BCUT2D eigenvalue weighted by atomic mass is 10.0. The van der Waals surface area contributed by atoms with Gasteiger partial charge < -0.3 is 10.1 Å². The molecule has 3 aromatic carbocycles. The summed E-state index contributed by atoms with van der Waals surface area (Å²) in [6.45, 7) is 1.83. The number of hydrogen-bond acceptors (Lipinski definition) is 4. The van der Waals surface area contributed by atoms with Gasteiger partial charge in [0.05, 0.1) is 23.9 Å². The van der Waals surface area contributed by atoms with Crippen LogP contribution in [0.1, 0.15) is 16.7 Å². The molecule has 0 saturated carbocycles. The van der Waals surface area contributed by atoms with Gasteiger partial charge in [0.1, 0.15) is 11.4 Å². The summed E-state index contributed by atoms with van der Waals surface area (Å²) in [5.41, 5.74) is 0.770. The van der Waals surface area contributed by atoms with Crippen LogP contribution in [0.3, 0.4) is 0 Å². The fourth-order valence-electron chi connectivity index (χ4n) is 3.59. The molecule has 33 heavy (non-hydrogen) atoms. The summed E-state index contributed by atoms with van der Waals surface area (Å²) in [7, 11) is 1.50. The number of nitrogens with zero attached hydrogens (tertiary/aromatic N) is 1. The van der Waals surface area contributed by atoms with Gasteiger partial charge in [0.15, 0.2) is 0 Å². The maximum atomic E-state index is 13.4. The van der Waals surface area contributed by atoms with Gasteiger partial charge in [-0.3, -0.25) is 9.59 Å². The van der Waals surface area contributed by atoms with E-state index in [1.54, 1.807) is 42.5 Å². The van der Waals surface area contributed by atoms with Crippen molar-refractivity contribution in [2.24, 2.45) is 0 Å². The number of benzene rings is 3. The van der Waals surface area contributed by atoms with Crippen LogP contribution in [0.4, 0.5) is 24.5 Å². The van der Waals surface area contributed by atoms with E-state index in [9.17, 15) is 22.8 Å². The Labute approximate surface area is 188 Å². The van der Waals surface area contributed by atoms with Crippen molar-refractivity contribution >= 4 is 28.8 Å². The first-order valence-electron chi connectivity index (χ1n) is 9.97. The molecule has 3 aromatic rings. The van der Waals surface area contributed by atoms with Crippen molar-refractivity contribution < 1.29 is 27.5 Å². The van der Waals surface area contributed by atoms with E-state index < -0.39 is 23.6 Å². The SMILES string of the molecule is COc1ccc(C2=C(Nc3cccc(C(F)(F)F)c3)C(=O)N(c3cccc(C)c3)C2=O)cc1. The minimum atomic E-state index is -4.55. The van der Waals surface area contributed by atoms with Gasteiger partial charge in [0, 0.05) is 5.69 Å². The Morgan fingerprint density at radius 1 is 0.879 bits per heavy atom. The zero-order chi connectivity index (χ0) is 23.8. The normalized spacial score (nSPS) is 14.2. The summed E-state index contributed by atoms with van der Waals surface area (Å²) >= 11 is 0. The lowest BCUT2D eigenvalue weighted by molar-refractivity contribution is -0.137. The highest BCUT2D eigenvalue weighted by Gasteiger charge is 2.40. The average Bonchev–Trinajstić information content (AvgIpc) is 3.02. The Hall–Kier alpha value is -4.07. The Morgan fingerprint density at radius 2 is 1.58 bits per heavy atom. The van der Waals surface area contributed by atoms with E-state index in [1.807, 2.05) is 13.0 Å². The second kappa shape index (κ2) is 8.46. The number of ether oxygens (including phenoxy) is 1. The van der Waals surface area contributed by atoms with Crippen LogP contribution in [-0.4, -0.2) is 18.9 Å². The molecule has 0 aliphatic carbocycles. The lowest BCUT2D eigenvalue weighted by Gasteiger charge is -2.16. The third-order valence-corrected chi connectivity index (χ3v) is 5.18. The fraction of sp³-hybridized carbons (Fsp3) is 0.120. The van der Waals surface area contributed by atoms with Gasteiger partial charge in [0.2, 0.25) is 0 Å². The molecule has 1 aliphatic heterocycles. The number of hydrogen-bond donors (Lipinski definition) is 1. The number of amides is 2. The number of methoxy groups -OCH3 is 1. The number of aryl methyl sites for hydroxylation is 1. The highest BCUT2D eigenvalue weighted by Crippen LogP contribution is 2.36. The second-order valence-electron chi connectivity index (χ2n) is 7.47. The van der Waals surface area contributed by atoms with E-state index in [-0.39, 0.29) is 17.0 Å². The van der Waals surface area contributed by atoms with Crippen molar-refractivity contribution in [3.63, 3.8) is 0 Å². The largest absolute Gasteiger partial charge is 0.497 e. The maximum absolute atomic E-state index is 13.4. The monoisotopic (exact) mass is 452 g/mol. The number of anilines is 2. The molecule has 4 rings (SSSR count). The minimum Gasteiger partial charge on any atom is -0.497 e. The van der Waals surface area contributed by atoms with Crippen molar-refractivity contribution in [1.82, 2.24) is 0 Å². The van der Waals surface area contributed by atoms with Crippen molar-refractivity contribution in [2.75, 3.05) is 17.3 Å². The van der Waals surface area contributed by atoms with Crippen molar-refractivity contribution in [3.05, 3.63) is 95.2 Å². The fourth-order valence-corrected chi connectivity index (χ4v) is 3.59. The van der Waals surface area contributed by atoms with E-state index in [0.717, 1.165) is 22.6 Å². The molecular weight excluding hydrogens is 433 g/mol. The quantitative estimate of drug-likeness (QED) is 0.526. The number of alkyl halides is 3. The molecule has 1 heterocycles. The third-order valence-electron chi connectivity index (χ3n) is 5.18. The van der Waals surface area contributed by atoms with Gasteiger partial charge in [-0.2, -0.15) is 13.2 Å². The number of imide groups is 1. The van der Waals surface area contributed by atoms with Crippen molar-refractivity contribution in [1.29, 1.82) is 0 Å². The first-order valence-corrected chi connectivity index (χ1v) is 9.97. The zero-order valence-corrected chi connectivity index (χ0v) is 17.7. The predicted octanol–water partition coefficient (Wildman–Crippen LogP) is 5.42. The van der Waals surface area contributed by atoms with Gasteiger partial charge in [-0.25, -0.2) is 4.90 Å². The topological polar surface area (TPSA) is 58.6 Å². The Bertz CT molecular complexity index is 1260. The number of nitrogens with one attached hydrogen (secondary N) is 1. The molecular formula is C25H19F3N2O3. The molecule has 0 spiro atoms. The van der Waals surface area contributed by atoms with E-state index in [4.69, 9.17) is 4.74 Å².